The highest BCUT2D eigenvalue weighted by Gasteiger charge is 2.11. The Morgan fingerprint density at radius 1 is 1.15 bits per heavy atom. The van der Waals surface area contributed by atoms with Gasteiger partial charge in [-0.25, -0.2) is 4.98 Å². The van der Waals surface area contributed by atoms with Gasteiger partial charge in [0, 0.05) is 17.4 Å². The molecule has 3 aromatic rings. The van der Waals surface area contributed by atoms with E-state index in [-0.39, 0.29) is 5.91 Å². The number of carbonyl (C=O) groups excluding carboxylic acids is 1. The second kappa shape index (κ2) is 8.50. The molecule has 27 heavy (non-hydrogen) atoms. The first-order valence-electron chi connectivity index (χ1n) is 8.46. The van der Waals surface area contributed by atoms with Crippen LogP contribution in [-0.4, -0.2) is 17.5 Å². The molecular formula is C21H18N4O2. The van der Waals surface area contributed by atoms with Crippen LogP contribution in [0.4, 0.5) is 17.2 Å². The lowest BCUT2D eigenvalue weighted by atomic mass is 10.2. The van der Waals surface area contributed by atoms with E-state index in [1.54, 1.807) is 48.7 Å². The Bertz CT molecular complexity index is 978. The number of para-hydroxylation sites is 2. The highest BCUT2D eigenvalue weighted by Crippen LogP contribution is 2.24. The summed E-state index contributed by atoms with van der Waals surface area (Å²) in [6.07, 6.45) is 1.56. The molecule has 0 unspecified atom stereocenters. The van der Waals surface area contributed by atoms with Crippen LogP contribution in [0.15, 0.2) is 66.9 Å². The van der Waals surface area contributed by atoms with Crippen molar-refractivity contribution in [2.45, 2.75) is 6.92 Å². The summed E-state index contributed by atoms with van der Waals surface area (Å²) < 4.78 is 5.53. The molecule has 0 bridgehead atoms. The van der Waals surface area contributed by atoms with Crippen molar-refractivity contribution in [3.63, 3.8) is 0 Å². The number of ether oxygens (including phenoxy) is 1. The number of hydrogen-bond acceptors (Lipinski definition) is 5. The van der Waals surface area contributed by atoms with Gasteiger partial charge in [0.1, 0.15) is 11.6 Å². The molecule has 0 aliphatic heterocycles. The summed E-state index contributed by atoms with van der Waals surface area (Å²) in [5.41, 5.74) is 2.44. The zero-order chi connectivity index (χ0) is 19.1. The summed E-state index contributed by atoms with van der Waals surface area (Å²) in [4.78, 5) is 16.8. The molecule has 0 saturated heterocycles. The molecule has 0 radical (unpaired) electrons. The van der Waals surface area contributed by atoms with E-state index < -0.39 is 0 Å². The van der Waals surface area contributed by atoms with Gasteiger partial charge in [-0.05, 0) is 55.5 Å². The molecule has 1 aromatic heterocycles. The van der Waals surface area contributed by atoms with Gasteiger partial charge in [-0.15, -0.1) is 0 Å². The second-order valence-corrected chi connectivity index (χ2v) is 5.63. The summed E-state index contributed by atoms with van der Waals surface area (Å²) >= 11 is 0. The molecule has 1 heterocycles. The van der Waals surface area contributed by atoms with Crippen LogP contribution in [0.2, 0.25) is 0 Å². The van der Waals surface area contributed by atoms with Gasteiger partial charge in [-0.1, -0.05) is 12.1 Å². The number of carbonyl (C=O) groups is 1. The Morgan fingerprint density at radius 2 is 1.93 bits per heavy atom. The smallest absolute Gasteiger partial charge is 0.255 e. The average Bonchev–Trinajstić information content (AvgIpc) is 2.70. The first-order chi connectivity index (χ1) is 13.2. The fraction of sp³-hybridized carbons (Fsp3) is 0.0952. The third kappa shape index (κ3) is 4.61. The lowest BCUT2D eigenvalue weighted by Gasteiger charge is -2.12. The van der Waals surface area contributed by atoms with E-state index in [0.717, 1.165) is 5.69 Å². The maximum atomic E-state index is 12.6. The largest absolute Gasteiger partial charge is 0.492 e. The summed E-state index contributed by atoms with van der Waals surface area (Å²) in [7, 11) is 0. The van der Waals surface area contributed by atoms with E-state index in [1.165, 1.54) is 0 Å². The molecule has 0 fully saturated rings. The minimum Gasteiger partial charge on any atom is -0.492 e. The van der Waals surface area contributed by atoms with Gasteiger partial charge in [0.15, 0.2) is 0 Å². The maximum absolute atomic E-state index is 12.6. The van der Waals surface area contributed by atoms with Crippen LogP contribution in [-0.2, 0) is 0 Å². The fourth-order valence-corrected chi connectivity index (χ4v) is 2.46. The number of rotatable bonds is 6. The fourth-order valence-electron chi connectivity index (χ4n) is 2.46. The van der Waals surface area contributed by atoms with Gasteiger partial charge < -0.3 is 15.4 Å². The highest BCUT2D eigenvalue weighted by molar-refractivity contribution is 6.05. The molecule has 0 saturated carbocycles. The summed E-state index contributed by atoms with van der Waals surface area (Å²) in [5, 5.41) is 14.8. The van der Waals surface area contributed by atoms with E-state index in [2.05, 4.69) is 21.7 Å². The van der Waals surface area contributed by atoms with Gasteiger partial charge >= 0.3 is 0 Å². The lowest BCUT2D eigenvalue weighted by molar-refractivity contribution is 0.102. The minimum absolute atomic E-state index is 0.257. The van der Waals surface area contributed by atoms with Gasteiger partial charge in [0.2, 0.25) is 0 Å². The molecule has 6 nitrogen and oxygen atoms in total. The predicted molar refractivity (Wildman–Crippen MR) is 104 cm³/mol. The number of nitriles is 1. The standard InChI is InChI=1S/C21H18N4O2/c1-2-27-19-6-4-3-5-18(19)25-21(26)16-11-12-23-20(13-16)24-17-9-7-15(14-22)8-10-17/h3-13H,2H2,1H3,(H,23,24)(H,25,26). The normalized spacial score (nSPS) is 9.93. The number of nitrogens with zero attached hydrogens (tertiary/aromatic N) is 2. The number of pyridine rings is 1. The van der Waals surface area contributed by atoms with E-state index in [4.69, 9.17) is 10.00 Å². The summed E-state index contributed by atoms with van der Waals surface area (Å²) in [6, 6.07) is 19.7. The average molecular weight is 358 g/mol. The van der Waals surface area contributed by atoms with Crippen LogP contribution in [0.25, 0.3) is 0 Å². The van der Waals surface area contributed by atoms with Crippen LogP contribution in [0, 0.1) is 11.3 Å². The van der Waals surface area contributed by atoms with Gasteiger partial charge in [0.05, 0.1) is 23.9 Å². The van der Waals surface area contributed by atoms with Gasteiger partial charge in [-0.2, -0.15) is 5.26 Å². The number of amides is 1. The molecule has 134 valence electrons. The van der Waals surface area contributed by atoms with Crippen LogP contribution >= 0.6 is 0 Å². The van der Waals surface area contributed by atoms with Crippen molar-refractivity contribution >= 4 is 23.1 Å². The Labute approximate surface area is 157 Å². The second-order valence-electron chi connectivity index (χ2n) is 5.63. The zero-order valence-electron chi connectivity index (χ0n) is 14.8. The van der Waals surface area contributed by atoms with Crippen molar-refractivity contribution in [2.75, 3.05) is 17.2 Å². The van der Waals surface area contributed by atoms with Crippen molar-refractivity contribution < 1.29 is 9.53 Å². The van der Waals surface area contributed by atoms with Crippen molar-refractivity contribution in [2.24, 2.45) is 0 Å². The Hall–Kier alpha value is -3.85. The SMILES string of the molecule is CCOc1ccccc1NC(=O)c1ccnc(Nc2ccc(C#N)cc2)c1. The van der Waals surface area contributed by atoms with Crippen molar-refractivity contribution in [3.05, 3.63) is 78.0 Å². The molecular weight excluding hydrogens is 340 g/mol. The first kappa shape index (κ1) is 18.0. The molecule has 0 atom stereocenters. The Kier molecular flexibility index (Phi) is 5.65. The Morgan fingerprint density at radius 3 is 2.67 bits per heavy atom. The number of nitrogens with one attached hydrogen (secondary N) is 2. The van der Waals surface area contributed by atoms with E-state index in [0.29, 0.717) is 35.0 Å². The van der Waals surface area contributed by atoms with E-state index in [9.17, 15) is 4.79 Å². The zero-order valence-corrected chi connectivity index (χ0v) is 14.8. The molecule has 0 spiro atoms. The topological polar surface area (TPSA) is 87.0 Å². The summed E-state index contributed by atoms with van der Waals surface area (Å²) in [6.45, 7) is 2.41. The molecule has 6 heteroatoms. The van der Waals surface area contributed by atoms with E-state index in [1.807, 2.05) is 25.1 Å². The number of hydrogen-bond donors (Lipinski definition) is 2. The van der Waals surface area contributed by atoms with Gasteiger partial charge in [0.25, 0.3) is 5.91 Å². The number of anilines is 3. The molecule has 2 N–H and O–H groups in total. The summed E-state index contributed by atoms with van der Waals surface area (Å²) in [5.74, 6) is 0.899. The third-order valence-corrected chi connectivity index (χ3v) is 3.74. The van der Waals surface area contributed by atoms with Crippen LogP contribution < -0.4 is 15.4 Å². The van der Waals surface area contributed by atoms with Crippen LogP contribution in [0.3, 0.4) is 0 Å². The van der Waals surface area contributed by atoms with E-state index >= 15 is 0 Å². The predicted octanol–water partition coefficient (Wildman–Crippen LogP) is 4.35. The molecule has 0 aliphatic rings. The van der Waals surface area contributed by atoms with Crippen LogP contribution in [0.5, 0.6) is 5.75 Å². The van der Waals surface area contributed by atoms with Gasteiger partial charge in [-0.3, -0.25) is 4.79 Å². The third-order valence-electron chi connectivity index (χ3n) is 3.74. The number of benzene rings is 2. The van der Waals surface area contributed by atoms with Crippen molar-refractivity contribution in [1.29, 1.82) is 5.26 Å². The molecule has 2 aromatic carbocycles. The maximum Gasteiger partial charge on any atom is 0.255 e. The van der Waals surface area contributed by atoms with Crippen LogP contribution in [0.1, 0.15) is 22.8 Å². The minimum atomic E-state index is -0.257. The Balaban J connectivity index is 1.74. The van der Waals surface area contributed by atoms with Crippen molar-refractivity contribution in [3.8, 4) is 11.8 Å². The monoisotopic (exact) mass is 358 g/mol. The van der Waals surface area contributed by atoms with Crippen molar-refractivity contribution in [1.82, 2.24) is 4.98 Å². The lowest BCUT2D eigenvalue weighted by Crippen LogP contribution is -2.13. The first-order valence-corrected chi connectivity index (χ1v) is 8.46. The highest BCUT2D eigenvalue weighted by atomic mass is 16.5. The molecule has 3 rings (SSSR count). The quantitative estimate of drug-likeness (QED) is 0.684. The molecule has 1 amide bonds. The molecule has 0 aliphatic carbocycles. The number of aromatic nitrogens is 1.